The lowest BCUT2D eigenvalue weighted by Gasteiger charge is -2.19. The summed E-state index contributed by atoms with van der Waals surface area (Å²) in [6, 6.07) is 14.4. The summed E-state index contributed by atoms with van der Waals surface area (Å²) in [5.74, 6) is -0.716. The molecule has 4 aromatic rings. The Balaban J connectivity index is 1.95. The van der Waals surface area contributed by atoms with Crippen LogP contribution in [0.3, 0.4) is 0 Å². The number of rotatable bonds is 4. The number of aromatic nitrogens is 3. The van der Waals surface area contributed by atoms with Crippen molar-refractivity contribution in [2.24, 2.45) is 0 Å². The molecule has 0 fully saturated rings. The van der Waals surface area contributed by atoms with Crippen molar-refractivity contribution in [3.05, 3.63) is 78.0 Å². The Bertz CT molecular complexity index is 1160. The van der Waals surface area contributed by atoms with Crippen LogP contribution in [0.5, 0.6) is 0 Å². The quantitative estimate of drug-likeness (QED) is 0.459. The van der Waals surface area contributed by atoms with Gasteiger partial charge in [0, 0.05) is 23.7 Å². The first kappa shape index (κ1) is 18.8. The highest BCUT2D eigenvalue weighted by Crippen LogP contribution is 2.41. The maximum atomic E-state index is 13.8. The summed E-state index contributed by atoms with van der Waals surface area (Å²) in [6.45, 7) is 1.36. The van der Waals surface area contributed by atoms with E-state index in [1.165, 1.54) is 36.4 Å². The van der Waals surface area contributed by atoms with Crippen LogP contribution in [0.25, 0.3) is 22.5 Å². The van der Waals surface area contributed by atoms with E-state index in [0.29, 0.717) is 27.7 Å². The summed E-state index contributed by atoms with van der Waals surface area (Å²) in [5.41, 5.74) is 2.49. The molecule has 144 valence electrons. The molecule has 0 N–H and O–H groups in total. The first-order valence-corrected chi connectivity index (χ1v) is 9.00. The molecular weight excluding hydrogens is 395 g/mol. The fraction of sp³-hybridized carbons (Fsp3) is 0.0476. The maximum absolute atomic E-state index is 13.8. The minimum atomic E-state index is -0.477. The number of anilines is 2. The van der Waals surface area contributed by atoms with Gasteiger partial charge in [0.05, 0.1) is 16.9 Å². The van der Waals surface area contributed by atoms with Crippen molar-refractivity contribution in [2.45, 2.75) is 6.92 Å². The molecule has 2 aromatic carbocycles. The number of hydrogen-bond donors (Lipinski definition) is 0. The van der Waals surface area contributed by atoms with Gasteiger partial charge in [0.25, 0.3) is 0 Å². The van der Waals surface area contributed by atoms with Crippen LogP contribution in [0.15, 0.2) is 71.6 Å². The topological polar surface area (TPSA) is 72.1 Å². The molecular formula is C21H14ClFN4O2. The van der Waals surface area contributed by atoms with Gasteiger partial charge in [-0.1, -0.05) is 35.0 Å². The van der Waals surface area contributed by atoms with Gasteiger partial charge >= 0.3 is 0 Å². The van der Waals surface area contributed by atoms with E-state index in [1.807, 2.05) is 0 Å². The summed E-state index contributed by atoms with van der Waals surface area (Å²) in [5, 5.41) is 4.75. The molecule has 0 aliphatic heterocycles. The maximum Gasteiger partial charge on any atom is 0.248 e. The largest absolute Gasteiger partial charge is 0.336 e. The zero-order valence-corrected chi connectivity index (χ0v) is 16.0. The monoisotopic (exact) mass is 408 g/mol. The van der Waals surface area contributed by atoms with Crippen LogP contribution in [0, 0.1) is 5.82 Å². The van der Waals surface area contributed by atoms with E-state index in [4.69, 9.17) is 16.1 Å². The predicted molar refractivity (Wildman–Crippen MR) is 107 cm³/mol. The fourth-order valence-corrected chi connectivity index (χ4v) is 3.09. The average Bonchev–Trinajstić information content (AvgIpc) is 3.13. The second-order valence-corrected chi connectivity index (χ2v) is 6.58. The number of carbonyl (C=O) groups excluding carboxylic acids is 1. The molecule has 0 saturated heterocycles. The van der Waals surface area contributed by atoms with Gasteiger partial charge < -0.3 is 4.52 Å². The zero-order chi connectivity index (χ0) is 20.4. The van der Waals surface area contributed by atoms with Crippen molar-refractivity contribution in [1.29, 1.82) is 0 Å². The van der Waals surface area contributed by atoms with Gasteiger partial charge in [-0.25, -0.2) is 19.3 Å². The van der Waals surface area contributed by atoms with E-state index in [0.717, 1.165) is 5.56 Å². The lowest BCUT2D eigenvalue weighted by Crippen LogP contribution is -2.23. The Labute approximate surface area is 170 Å². The third-order valence-electron chi connectivity index (χ3n) is 4.21. The highest BCUT2D eigenvalue weighted by Gasteiger charge is 2.28. The molecule has 0 bridgehead atoms. The summed E-state index contributed by atoms with van der Waals surface area (Å²) in [4.78, 5) is 22.0. The smallest absolute Gasteiger partial charge is 0.248 e. The first-order valence-electron chi connectivity index (χ1n) is 8.63. The van der Waals surface area contributed by atoms with Crippen LogP contribution in [0.1, 0.15) is 6.92 Å². The molecule has 1 amide bonds. The third-order valence-corrected chi connectivity index (χ3v) is 4.47. The number of halogens is 2. The molecule has 8 heteroatoms. The van der Waals surface area contributed by atoms with Crippen LogP contribution in [0.4, 0.5) is 16.0 Å². The highest BCUT2D eigenvalue weighted by atomic mass is 35.5. The minimum absolute atomic E-state index is 0.131. The van der Waals surface area contributed by atoms with Crippen molar-refractivity contribution in [3.8, 4) is 22.5 Å². The van der Waals surface area contributed by atoms with Gasteiger partial charge in [-0.3, -0.25) is 4.79 Å². The number of benzene rings is 2. The van der Waals surface area contributed by atoms with Crippen molar-refractivity contribution < 1.29 is 13.7 Å². The number of amides is 1. The van der Waals surface area contributed by atoms with Crippen molar-refractivity contribution in [1.82, 2.24) is 15.1 Å². The van der Waals surface area contributed by atoms with Gasteiger partial charge in [-0.2, -0.15) is 0 Å². The lowest BCUT2D eigenvalue weighted by molar-refractivity contribution is -0.116. The molecule has 0 spiro atoms. The number of hydrogen-bond acceptors (Lipinski definition) is 5. The average molecular weight is 409 g/mol. The Morgan fingerprint density at radius 3 is 2.59 bits per heavy atom. The molecule has 4 rings (SSSR count). The van der Waals surface area contributed by atoms with Gasteiger partial charge in [-0.15, -0.1) is 0 Å². The summed E-state index contributed by atoms with van der Waals surface area (Å²) < 4.78 is 19.4. The molecule has 29 heavy (non-hydrogen) atoms. The van der Waals surface area contributed by atoms with Crippen molar-refractivity contribution in [3.63, 3.8) is 0 Å². The minimum Gasteiger partial charge on any atom is -0.336 e. The second-order valence-electron chi connectivity index (χ2n) is 6.15. The fourth-order valence-electron chi connectivity index (χ4n) is 2.97. The zero-order valence-electron chi connectivity index (χ0n) is 15.2. The third kappa shape index (κ3) is 3.72. The molecule has 0 unspecified atom stereocenters. The molecule has 0 radical (unpaired) electrons. The standard InChI is InChI=1S/C21H14ClFN4O2/c1-13(28)27(17-4-2-3-16(23)11-17)21-19(18-9-10-24-12-25-18)20(26-29-21)14-5-7-15(22)8-6-14/h2-12H,1H3. The molecule has 0 saturated carbocycles. The SMILES string of the molecule is CC(=O)N(c1cccc(F)c1)c1onc(-c2ccc(Cl)cc2)c1-c1ccncn1. The molecule has 6 nitrogen and oxygen atoms in total. The highest BCUT2D eigenvalue weighted by molar-refractivity contribution is 6.30. The van der Waals surface area contributed by atoms with E-state index in [1.54, 1.807) is 42.6 Å². The molecule has 0 atom stereocenters. The van der Waals surface area contributed by atoms with Gasteiger partial charge in [-0.05, 0) is 36.4 Å². The van der Waals surface area contributed by atoms with Crippen molar-refractivity contribution >= 4 is 29.1 Å². The molecule has 2 aromatic heterocycles. The Hall–Kier alpha value is -3.58. The van der Waals surface area contributed by atoms with Gasteiger partial charge in [0.1, 0.15) is 17.8 Å². The molecule has 0 aliphatic rings. The van der Waals surface area contributed by atoms with Gasteiger partial charge in [0.15, 0.2) is 0 Å². The van der Waals surface area contributed by atoms with Crippen LogP contribution >= 0.6 is 11.6 Å². The number of nitrogens with zero attached hydrogens (tertiary/aromatic N) is 4. The van der Waals surface area contributed by atoms with E-state index in [-0.39, 0.29) is 11.8 Å². The Kier molecular flexibility index (Phi) is 5.05. The van der Waals surface area contributed by atoms with Crippen LogP contribution in [-0.4, -0.2) is 21.0 Å². The lowest BCUT2D eigenvalue weighted by atomic mass is 10.0. The van der Waals surface area contributed by atoms with Crippen molar-refractivity contribution in [2.75, 3.05) is 4.90 Å². The van der Waals surface area contributed by atoms with E-state index < -0.39 is 5.82 Å². The van der Waals surface area contributed by atoms with Gasteiger partial charge in [0.2, 0.25) is 11.8 Å². The number of carbonyl (C=O) groups is 1. The van der Waals surface area contributed by atoms with E-state index in [2.05, 4.69) is 15.1 Å². The van der Waals surface area contributed by atoms with Crippen LogP contribution < -0.4 is 4.90 Å². The normalized spacial score (nSPS) is 10.7. The first-order chi connectivity index (χ1) is 14.0. The molecule has 2 heterocycles. The van der Waals surface area contributed by atoms with Crippen LogP contribution in [0.2, 0.25) is 5.02 Å². The second kappa shape index (κ2) is 7.81. The Morgan fingerprint density at radius 2 is 1.93 bits per heavy atom. The summed E-state index contributed by atoms with van der Waals surface area (Å²) >= 11 is 6.00. The summed E-state index contributed by atoms with van der Waals surface area (Å²) in [6.07, 6.45) is 2.96. The van der Waals surface area contributed by atoms with E-state index >= 15 is 0 Å². The van der Waals surface area contributed by atoms with E-state index in [9.17, 15) is 9.18 Å². The van der Waals surface area contributed by atoms with Crippen LogP contribution in [-0.2, 0) is 4.79 Å². The summed E-state index contributed by atoms with van der Waals surface area (Å²) in [7, 11) is 0. The Morgan fingerprint density at radius 1 is 1.14 bits per heavy atom. The predicted octanol–water partition coefficient (Wildman–Crippen LogP) is 5.28. The molecule has 0 aliphatic carbocycles.